The number of nitrogens with one attached hydrogen (secondary N) is 1. The van der Waals surface area contributed by atoms with Crippen LogP contribution in [-0.2, 0) is 0 Å². The van der Waals surface area contributed by atoms with Crippen molar-refractivity contribution in [2.45, 2.75) is 39.7 Å². The van der Waals surface area contributed by atoms with Gasteiger partial charge < -0.3 is 9.73 Å². The van der Waals surface area contributed by atoms with Crippen LogP contribution in [0.15, 0.2) is 37.6 Å². The van der Waals surface area contributed by atoms with Crippen molar-refractivity contribution in [3.05, 3.63) is 44.5 Å². The Hall–Kier alpha value is -0.580. The summed E-state index contributed by atoms with van der Waals surface area (Å²) in [4.78, 5) is 0. The van der Waals surface area contributed by atoms with E-state index in [1.807, 2.05) is 6.07 Å². The molecule has 2 rings (SSSR count). The Morgan fingerprint density at radius 3 is 2.38 bits per heavy atom. The maximum atomic E-state index is 6.10. The van der Waals surface area contributed by atoms with Gasteiger partial charge in [-0.1, -0.05) is 13.8 Å². The predicted octanol–water partition coefficient (Wildman–Crippen LogP) is 6.23. The zero-order valence-corrected chi connectivity index (χ0v) is 15.8. The molecule has 1 aromatic heterocycles. The van der Waals surface area contributed by atoms with Gasteiger partial charge in [0.15, 0.2) is 0 Å². The molecule has 2 aromatic rings. The van der Waals surface area contributed by atoms with Gasteiger partial charge in [0.2, 0.25) is 0 Å². The zero-order valence-electron chi connectivity index (χ0n) is 12.7. The van der Waals surface area contributed by atoms with Gasteiger partial charge >= 0.3 is 0 Å². The Morgan fingerprint density at radius 2 is 1.81 bits per heavy atom. The fourth-order valence-electron chi connectivity index (χ4n) is 2.37. The van der Waals surface area contributed by atoms with Gasteiger partial charge in [-0.25, -0.2) is 0 Å². The minimum Gasteiger partial charge on any atom is -0.459 e. The fourth-order valence-corrected chi connectivity index (χ4v) is 4.18. The highest BCUT2D eigenvalue weighted by Crippen LogP contribution is 2.38. The first-order chi connectivity index (χ1) is 10.1. The average Bonchev–Trinajstić information content (AvgIpc) is 2.88. The molecule has 0 saturated carbocycles. The molecular formula is C17H21Br2NO. The summed E-state index contributed by atoms with van der Waals surface area (Å²) < 4.78 is 8.19. The molecule has 114 valence electrons. The molecule has 0 spiro atoms. The molecule has 4 heteroatoms. The summed E-state index contributed by atoms with van der Waals surface area (Å²) in [5.41, 5.74) is 2.28. The standard InChI is InChI=1S/C17H21Br2NO/c1-4-8-20-14(5-2)15-6-7-16(21-15)17-12(18)9-11(3)10-13(17)19/h6-7,9-10,14,20H,4-5,8H2,1-3H3. The minimum absolute atomic E-state index is 0.279. The smallest absolute Gasteiger partial charge is 0.136 e. The second-order valence-corrected chi connectivity index (χ2v) is 6.93. The van der Waals surface area contributed by atoms with Crippen LogP contribution >= 0.6 is 31.9 Å². The molecule has 1 heterocycles. The number of benzene rings is 1. The summed E-state index contributed by atoms with van der Waals surface area (Å²) in [5, 5.41) is 3.52. The molecule has 1 unspecified atom stereocenters. The Morgan fingerprint density at radius 1 is 1.14 bits per heavy atom. The van der Waals surface area contributed by atoms with Gasteiger partial charge in [-0.15, -0.1) is 0 Å². The van der Waals surface area contributed by atoms with Gasteiger partial charge in [-0.3, -0.25) is 0 Å². The third-order valence-corrected chi connectivity index (χ3v) is 4.70. The van der Waals surface area contributed by atoms with Crippen molar-refractivity contribution < 1.29 is 4.42 Å². The Bertz CT molecular complexity index is 584. The van der Waals surface area contributed by atoms with Gasteiger partial charge in [0.05, 0.1) is 6.04 Å². The molecule has 21 heavy (non-hydrogen) atoms. The van der Waals surface area contributed by atoms with Crippen molar-refractivity contribution in [3.8, 4) is 11.3 Å². The van der Waals surface area contributed by atoms with Gasteiger partial charge in [-0.05, 0) is 88.0 Å². The van der Waals surface area contributed by atoms with E-state index < -0.39 is 0 Å². The van der Waals surface area contributed by atoms with E-state index in [0.717, 1.165) is 45.4 Å². The first kappa shape index (κ1) is 16.8. The maximum absolute atomic E-state index is 6.10. The SMILES string of the molecule is CCCNC(CC)c1ccc(-c2c(Br)cc(C)cc2Br)o1. The fraction of sp³-hybridized carbons (Fsp3) is 0.412. The first-order valence-corrected chi connectivity index (χ1v) is 8.94. The van der Waals surface area contributed by atoms with Crippen LogP contribution in [0.25, 0.3) is 11.3 Å². The third kappa shape index (κ3) is 3.99. The van der Waals surface area contributed by atoms with E-state index in [-0.39, 0.29) is 6.04 Å². The number of furan rings is 1. The monoisotopic (exact) mass is 413 g/mol. The van der Waals surface area contributed by atoms with Crippen LogP contribution in [0.1, 0.15) is 44.1 Å². The molecule has 0 radical (unpaired) electrons. The van der Waals surface area contributed by atoms with E-state index in [0.29, 0.717) is 0 Å². The first-order valence-electron chi connectivity index (χ1n) is 7.35. The van der Waals surface area contributed by atoms with E-state index in [4.69, 9.17) is 4.42 Å². The summed E-state index contributed by atoms with van der Waals surface area (Å²) in [6, 6.07) is 8.61. The molecular weight excluding hydrogens is 394 g/mol. The van der Waals surface area contributed by atoms with Crippen LogP contribution in [-0.4, -0.2) is 6.54 Å². The van der Waals surface area contributed by atoms with Crippen molar-refractivity contribution in [3.63, 3.8) is 0 Å². The lowest BCUT2D eigenvalue weighted by Crippen LogP contribution is -2.20. The molecule has 1 N–H and O–H groups in total. The molecule has 0 amide bonds. The highest BCUT2D eigenvalue weighted by Gasteiger charge is 2.17. The van der Waals surface area contributed by atoms with Crippen molar-refractivity contribution >= 4 is 31.9 Å². The molecule has 1 atom stereocenters. The van der Waals surface area contributed by atoms with Crippen LogP contribution in [0.4, 0.5) is 0 Å². The van der Waals surface area contributed by atoms with Crippen LogP contribution in [0.5, 0.6) is 0 Å². The number of halogens is 2. The lowest BCUT2D eigenvalue weighted by molar-refractivity contribution is 0.411. The topological polar surface area (TPSA) is 25.2 Å². The average molecular weight is 415 g/mol. The normalized spacial score (nSPS) is 12.6. The van der Waals surface area contributed by atoms with Crippen LogP contribution in [0.2, 0.25) is 0 Å². The molecule has 0 fully saturated rings. The van der Waals surface area contributed by atoms with E-state index in [2.05, 4.69) is 76.1 Å². The molecule has 0 aliphatic carbocycles. The van der Waals surface area contributed by atoms with Crippen molar-refractivity contribution in [1.82, 2.24) is 5.32 Å². The number of hydrogen-bond acceptors (Lipinski definition) is 2. The van der Waals surface area contributed by atoms with Gasteiger partial charge in [0.1, 0.15) is 11.5 Å². The molecule has 0 aliphatic rings. The summed E-state index contributed by atoms with van der Waals surface area (Å²) in [6.07, 6.45) is 2.14. The summed E-state index contributed by atoms with van der Waals surface area (Å²) in [6.45, 7) is 7.43. The number of hydrogen-bond donors (Lipinski definition) is 1. The van der Waals surface area contributed by atoms with E-state index >= 15 is 0 Å². The Balaban J connectivity index is 2.31. The minimum atomic E-state index is 0.279. The summed E-state index contributed by atoms with van der Waals surface area (Å²) >= 11 is 7.27. The van der Waals surface area contributed by atoms with E-state index in [1.54, 1.807) is 0 Å². The van der Waals surface area contributed by atoms with Crippen LogP contribution in [0, 0.1) is 6.92 Å². The van der Waals surface area contributed by atoms with E-state index in [9.17, 15) is 0 Å². The lowest BCUT2D eigenvalue weighted by Gasteiger charge is -2.14. The molecule has 2 nitrogen and oxygen atoms in total. The van der Waals surface area contributed by atoms with Crippen molar-refractivity contribution in [1.29, 1.82) is 0 Å². The van der Waals surface area contributed by atoms with Crippen LogP contribution < -0.4 is 5.32 Å². The Kier molecular flexibility index (Phi) is 6.08. The highest BCUT2D eigenvalue weighted by molar-refractivity contribution is 9.11. The van der Waals surface area contributed by atoms with Crippen molar-refractivity contribution in [2.24, 2.45) is 0 Å². The van der Waals surface area contributed by atoms with Gasteiger partial charge in [0.25, 0.3) is 0 Å². The predicted molar refractivity (Wildman–Crippen MR) is 95.6 cm³/mol. The number of aryl methyl sites for hydroxylation is 1. The van der Waals surface area contributed by atoms with Crippen LogP contribution in [0.3, 0.4) is 0 Å². The second-order valence-electron chi connectivity index (χ2n) is 5.22. The van der Waals surface area contributed by atoms with Gasteiger partial charge in [0, 0.05) is 14.5 Å². The zero-order chi connectivity index (χ0) is 15.4. The molecule has 0 aliphatic heterocycles. The maximum Gasteiger partial charge on any atom is 0.136 e. The lowest BCUT2D eigenvalue weighted by atomic mass is 10.1. The van der Waals surface area contributed by atoms with Gasteiger partial charge in [-0.2, -0.15) is 0 Å². The number of rotatable bonds is 6. The molecule has 0 bridgehead atoms. The quantitative estimate of drug-likeness (QED) is 0.605. The third-order valence-electron chi connectivity index (χ3n) is 3.45. The largest absolute Gasteiger partial charge is 0.459 e. The summed E-state index contributed by atoms with van der Waals surface area (Å²) in [7, 11) is 0. The Labute approximate surface area is 143 Å². The second kappa shape index (κ2) is 7.61. The van der Waals surface area contributed by atoms with Crippen molar-refractivity contribution in [2.75, 3.05) is 6.54 Å². The highest BCUT2D eigenvalue weighted by atomic mass is 79.9. The summed E-state index contributed by atoms with van der Waals surface area (Å²) in [5.74, 6) is 1.89. The van der Waals surface area contributed by atoms with E-state index in [1.165, 1.54) is 5.56 Å². The molecule has 0 saturated heterocycles. The molecule has 1 aromatic carbocycles.